The maximum absolute atomic E-state index is 10.9. The highest BCUT2D eigenvalue weighted by molar-refractivity contribution is 7.60. The van der Waals surface area contributed by atoms with Crippen LogP contribution < -0.4 is 5.30 Å². The topological polar surface area (TPSA) is 98.0 Å². The van der Waals surface area contributed by atoms with Gasteiger partial charge in [-0.25, -0.2) is 0 Å². The molecule has 0 bridgehead atoms. The summed E-state index contributed by atoms with van der Waals surface area (Å²) in [5.74, 6) is -0.564. The quantitative estimate of drug-likeness (QED) is 0.579. The Bertz CT molecular complexity index is 386. The van der Waals surface area contributed by atoms with Gasteiger partial charge in [0, 0.05) is 5.56 Å². The molecule has 0 spiro atoms. The molecule has 0 atom stereocenters. The van der Waals surface area contributed by atoms with Crippen molar-refractivity contribution in [3.63, 3.8) is 0 Å². The van der Waals surface area contributed by atoms with Crippen molar-refractivity contribution in [2.45, 2.75) is 19.8 Å². The zero-order valence-electron chi connectivity index (χ0n) is 8.21. The van der Waals surface area contributed by atoms with Crippen LogP contribution in [0.15, 0.2) is 12.1 Å². The molecular weight excluding hydrogens is 219 g/mol. The molecule has 0 saturated heterocycles. The van der Waals surface area contributed by atoms with E-state index in [2.05, 4.69) is 0 Å². The summed E-state index contributed by atoms with van der Waals surface area (Å²) in [6, 6.07) is 1.98. The standard InChI is InChI=1S/C9H13O5P/c1-2-3-7-8(10)4-6(5-9(7)11)15(12,13)14/h4-5,10-11H,2-3H2,1H3,(H2,12,13,14). The molecule has 0 aliphatic heterocycles. The third kappa shape index (κ3) is 2.72. The van der Waals surface area contributed by atoms with Crippen molar-refractivity contribution >= 4 is 12.9 Å². The second-order valence-electron chi connectivity index (χ2n) is 3.26. The first-order valence-corrected chi connectivity index (χ1v) is 6.08. The molecule has 84 valence electrons. The summed E-state index contributed by atoms with van der Waals surface area (Å²) in [7, 11) is -4.43. The zero-order chi connectivity index (χ0) is 11.6. The summed E-state index contributed by atoms with van der Waals surface area (Å²) in [5, 5.41) is 18.5. The molecule has 4 N–H and O–H groups in total. The Balaban J connectivity index is 3.26. The minimum absolute atomic E-state index is 0.282. The molecule has 1 aromatic carbocycles. The Morgan fingerprint density at radius 2 is 1.67 bits per heavy atom. The number of aromatic hydroxyl groups is 2. The minimum Gasteiger partial charge on any atom is -0.508 e. The van der Waals surface area contributed by atoms with Gasteiger partial charge in [0.25, 0.3) is 0 Å². The molecule has 0 amide bonds. The van der Waals surface area contributed by atoms with E-state index < -0.39 is 7.60 Å². The monoisotopic (exact) mass is 232 g/mol. The van der Waals surface area contributed by atoms with Gasteiger partial charge < -0.3 is 20.0 Å². The molecule has 0 heterocycles. The lowest BCUT2D eigenvalue weighted by molar-refractivity contribution is 0.385. The van der Waals surface area contributed by atoms with Gasteiger partial charge in [-0.05, 0) is 18.6 Å². The van der Waals surface area contributed by atoms with Crippen molar-refractivity contribution in [1.29, 1.82) is 0 Å². The van der Waals surface area contributed by atoms with Crippen molar-refractivity contribution in [2.75, 3.05) is 0 Å². The Morgan fingerprint density at radius 1 is 1.20 bits per heavy atom. The fourth-order valence-electron chi connectivity index (χ4n) is 1.30. The average molecular weight is 232 g/mol. The average Bonchev–Trinajstić information content (AvgIpc) is 2.09. The summed E-state index contributed by atoms with van der Waals surface area (Å²) in [6.45, 7) is 1.87. The van der Waals surface area contributed by atoms with Gasteiger partial charge in [0.1, 0.15) is 11.5 Å². The van der Waals surface area contributed by atoms with Gasteiger partial charge in [-0.3, -0.25) is 4.57 Å². The summed E-state index contributed by atoms with van der Waals surface area (Å²) in [6.07, 6.45) is 1.18. The van der Waals surface area contributed by atoms with Gasteiger partial charge in [-0.2, -0.15) is 0 Å². The van der Waals surface area contributed by atoms with Crippen LogP contribution in [0.4, 0.5) is 0 Å². The van der Waals surface area contributed by atoms with Gasteiger partial charge in [0.2, 0.25) is 0 Å². The van der Waals surface area contributed by atoms with Crippen LogP contribution in [0.25, 0.3) is 0 Å². The number of benzene rings is 1. The van der Waals surface area contributed by atoms with Crippen LogP contribution in [0.3, 0.4) is 0 Å². The van der Waals surface area contributed by atoms with Crippen LogP contribution in [0.1, 0.15) is 18.9 Å². The van der Waals surface area contributed by atoms with Crippen LogP contribution in [0.2, 0.25) is 0 Å². The normalized spacial score (nSPS) is 11.7. The molecule has 6 heteroatoms. The lowest BCUT2D eigenvalue weighted by Crippen LogP contribution is -2.04. The van der Waals surface area contributed by atoms with E-state index in [4.69, 9.17) is 9.79 Å². The fraction of sp³-hybridized carbons (Fsp3) is 0.333. The maximum Gasteiger partial charge on any atom is 0.356 e. The Kier molecular flexibility index (Phi) is 3.39. The van der Waals surface area contributed by atoms with Gasteiger partial charge in [0.15, 0.2) is 0 Å². The van der Waals surface area contributed by atoms with E-state index in [9.17, 15) is 14.8 Å². The predicted octanol–water partition coefficient (Wildman–Crippen LogP) is 0.853. The number of hydrogen-bond acceptors (Lipinski definition) is 3. The minimum atomic E-state index is -4.43. The molecule has 0 saturated carbocycles. The van der Waals surface area contributed by atoms with Gasteiger partial charge in [-0.1, -0.05) is 13.3 Å². The van der Waals surface area contributed by atoms with Crippen LogP contribution in [-0.4, -0.2) is 20.0 Å². The third-order valence-corrected chi connectivity index (χ3v) is 2.95. The largest absolute Gasteiger partial charge is 0.508 e. The molecule has 1 rings (SSSR count). The number of phenols is 2. The Hall–Kier alpha value is -1.03. The first-order chi connectivity index (χ1) is 6.86. The van der Waals surface area contributed by atoms with Gasteiger partial charge in [-0.15, -0.1) is 0 Å². The Labute approximate surface area is 87.2 Å². The SMILES string of the molecule is CCCc1c(O)cc(P(=O)(O)O)cc1O. The smallest absolute Gasteiger partial charge is 0.356 e. The second-order valence-corrected chi connectivity index (χ2v) is 4.86. The summed E-state index contributed by atoms with van der Waals surface area (Å²) in [4.78, 5) is 17.7. The van der Waals surface area contributed by atoms with Crippen molar-refractivity contribution in [3.05, 3.63) is 17.7 Å². The van der Waals surface area contributed by atoms with Crippen LogP contribution in [0, 0.1) is 0 Å². The molecular formula is C9H13O5P. The van der Waals surface area contributed by atoms with Crippen molar-refractivity contribution in [2.24, 2.45) is 0 Å². The number of phenolic OH excluding ortho intramolecular Hbond substituents is 2. The van der Waals surface area contributed by atoms with Crippen molar-refractivity contribution in [3.8, 4) is 11.5 Å². The highest BCUT2D eigenvalue weighted by atomic mass is 31.2. The fourth-order valence-corrected chi connectivity index (χ4v) is 1.88. The highest BCUT2D eigenvalue weighted by Gasteiger charge is 2.21. The third-order valence-electron chi connectivity index (χ3n) is 2.02. The first kappa shape index (κ1) is 12.0. The van der Waals surface area contributed by atoms with E-state index in [1.54, 1.807) is 0 Å². The highest BCUT2D eigenvalue weighted by Crippen LogP contribution is 2.38. The van der Waals surface area contributed by atoms with Crippen molar-refractivity contribution in [1.82, 2.24) is 0 Å². The zero-order valence-corrected chi connectivity index (χ0v) is 9.11. The predicted molar refractivity (Wildman–Crippen MR) is 55.4 cm³/mol. The number of hydrogen-bond donors (Lipinski definition) is 4. The van der Waals surface area contributed by atoms with E-state index in [0.717, 1.165) is 18.6 Å². The molecule has 5 nitrogen and oxygen atoms in total. The van der Waals surface area contributed by atoms with Gasteiger partial charge in [0.05, 0.1) is 5.30 Å². The lowest BCUT2D eigenvalue weighted by Gasteiger charge is -2.10. The first-order valence-electron chi connectivity index (χ1n) is 4.47. The van der Waals surface area contributed by atoms with E-state index >= 15 is 0 Å². The van der Waals surface area contributed by atoms with Crippen LogP contribution in [-0.2, 0) is 11.0 Å². The molecule has 0 aliphatic rings. The molecule has 0 aromatic heterocycles. The van der Waals surface area contributed by atoms with E-state index in [1.807, 2.05) is 6.92 Å². The van der Waals surface area contributed by atoms with E-state index in [1.165, 1.54) is 0 Å². The van der Waals surface area contributed by atoms with E-state index in [-0.39, 0.29) is 16.8 Å². The number of rotatable bonds is 3. The summed E-state index contributed by atoms with van der Waals surface area (Å²) >= 11 is 0. The van der Waals surface area contributed by atoms with Crippen LogP contribution in [0.5, 0.6) is 11.5 Å². The van der Waals surface area contributed by atoms with Gasteiger partial charge >= 0.3 is 7.60 Å². The summed E-state index contributed by atoms with van der Waals surface area (Å²) in [5.41, 5.74) is 0.315. The second kappa shape index (κ2) is 4.23. The van der Waals surface area contributed by atoms with Crippen molar-refractivity contribution < 1.29 is 24.6 Å². The van der Waals surface area contributed by atoms with E-state index in [0.29, 0.717) is 12.0 Å². The lowest BCUT2D eigenvalue weighted by atomic mass is 10.1. The molecule has 0 aliphatic carbocycles. The molecule has 15 heavy (non-hydrogen) atoms. The summed E-state index contributed by atoms with van der Waals surface area (Å²) < 4.78 is 10.9. The van der Waals surface area contributed by atoms with Crippen LogP contribution >= 0.6 is 7.60 Å². The molecule has 0 unspecified atom stereocenters. The Morgan fingerprint density at radius 3 is 2.00 bits per heavy atom. The molecule has 0 radical (unpaired) electrons. The molecule has 1 aromatic rings. The maximum atomic E-state index is 10.9. The molecule has 0 fully saturated rings.